The number of carbonyl (C=O) groups excluding carboxylic acids is 3. The van der Waals surface area contributed by atoms with Gasteiger partial charge in [0.2, 0.25) is 0 Å². The van der Waals surface area contributed by atoms with Gasteiger partial charge in [0, 0.05) is 12.1 Å². The number of hydrogen-bond donors (Lipinski definition) is 4. The van der Waals surface area contributed by atoms with Crippen molar-refractivity contribution in [3.8, 4) is 0 Å². The normalized spacial score (nSPS) is 19.6. The van der Waals surface area contributed by atoms with Gasteiger partial charge >= 0.3 is 12.1 Å². The number of rotatable bonds is 3. The summed E-state index contributed by atoms with van der Waals surface area (Å²) in [4.78, 5) is 33.3. The lowest BCUT2D eigenvalue weighted by molar-refractivity contribution is -0.120. The second kappa shape index (κ2) is 5.03. The highest BCUT2D eigenvalue weighted by Gasteiger charge is 2.28. The second-order valence-corrected chi connectivity index (χ2v) is 4.93. The van der Waals surface area contributed by atoms with Gasteiger partial charge < -0.3 is 16.0 Å². The summed E-state index contributed by atoms with van der Waals surface area (Å²) in [7, 11) is 0. The average Bonchev–Trinajstić information content (AvgIpc) is 2.42. The fourth-order valence-corrected chi connectivity index (χ4v) is 1.38. The highest BCUT2D eigenvalue weighted by atomic mass is 16.2. The molecule has 7 nitrogen and oxygen atoms in total. The summed E-state index contributed by atoms with van der Waals surface area (Å²) < 4.78 is 0. The summed E-state index contributed by atoms with van der Waals surface area (Å²) in [5, 5.41) is 9.93. The fraction of sp³-hybridized carbons (Fsp3) is 0.700. The SMILES string of the molecule is CC(C)(C)NC(=O)NCCC1NC(=O)NC1=O. The van der Waals surface area contributed by atoms with E-state index in [1.54, 1.807) is 0 Å². The van der Waals surface area contributed by atoms with Gasteiger partial charge in [0.15, 0.2) is 0 Å². The summed E-state index contributed by atoms with van der Waals surface area (Å²) in [6, 6.07) is -1.33. The Morgan fingerprint density at radius 1 is 1.35 bits per heavy atom. The van der Waals surface area contributed by atoms with Gasteiger partial charge in [-0.3, -0.25) is 10.1 Å². The molecule has 7 heteroatoms. The maximum atomic E-state index is 11.4. The molecule has 1 fully saturated rings. The first-order chi connectivity index (χ1) is 7.78. The third kappa shape index (κ3) is 4.71. The first-order valence-electron chi connectivity index (χ1n) is 5.45. The Hall–Kier alpha value is -1.79. The van der Waals surface area contributed by atoms with Gasteiger partial charge in [0.05, 0.1) is 0 Å². The van der Waals surface area contributed by atoms with Gasteiger partial charge in [-0.25, -0.2) is 9.59 Å². The van der Waals surface area contributed by atoms with Gasteiger partial charge in [0.1, 0.15) is 6.04 Å². The second-order valence-electron chi connectivity index (χ2n) is 4.93. The zero-order chi connectivity index (χ0) is 13.1. The quantitative estimate of drug-likeness (QED) is 0.510. The zero-order valence-electron chi connectivity index (χ0n) is 10.2. The van der Waals surface area contributed by atoms with Crippen LogP contribution in [0.2, 0.25) is 0 Å². The molecule has 0 aromatic carbocycles. The van der Waals surface area contributed by atoms with Crippen LogP contribution in [-0.4, -0.2) is 36.1 Å². The Labute approximate surface area is 99.7 Å². The van der Waals surface area contributed by atoms with Crippen LogP contribution < -0.4 is 21.3 Å². The average molecular weight is 242 g/mol. The molecule has 0 bridgehead atoms. The van der Waals surface area contributed by atoms with Crippen molar-refractivity contribution < 1.29 is 14.4 Å². The Kier molecular flexibility index (Phi) is 3.93. The minimum Gasteiger partial charge on any atom is -0.338 e. The fourth-order valence-electron chi connectivity index (χ4n) is 1.38. The van der Waals surface area contributed by atoms with Crippen LogP contribution in [0.1, 0.15) is 27.2 Å². The van der Waals surface area contributed by atoms with Crippen LogP contribution in [0.4, 0.5) is 9.59 Å². The molecule has 1 saturated heterocycles. The summed E-state index contributed by atoms with van der Waals surface area (Å²) in [6.45, 7) is 5.94. The van der Waals surface area contributed by atoms with E-state index in [2.05, 4.69) is 21.3 Å². The van der Waals surface area contributed by atoms with Crippen molar-refractivity contribution in [2.45, 2.75) is 38.8 Å². The van der Waals surface area contributed by atoms with Crippen molar-refractivity contribution in [3.05, 3.63) is 0 Å². The highest BCUT2D eigenvalue weighted by Crippen LogP contribution is 1.99. The van der Waals surface area contributed by atoms with Gasteiger partial charge in [-0.2, -0.15) is 0 Å². The molecule has 0 aromatic rings. The van der Waals surface area contributed by atoms with Crippen LogP contribution in [0, 0.1) is 0 Å². The first-order valence-corrected chi connectivity index (χ1v) is 5.45. The predicted octanol–water partition coefficient (Wildman–Crippen LogP) is -0.318. The van der Waals surface area contributed by atoms with Gasteiger partial charge in [-0.05, 0) is 27.2 Å². The Morgan fingerprint density at radius 3 is 2.47 bits per heavy atom. The molecule has 5 amide bonds. The van der Waals surface area contributed by atoms with E-state index in [4.69, 9.17) is 0 Å². The molecular formula is C10H18N4O3. The predicted molar refractivity (Wildman–Crippen MR) is 61.4 cm³/mol. The van der Waals surface area contributed by atoms with E-state index in [1.165, 1.54) is 0 Å². The molecule has 96 valence electrons. The number of amides is 5. The molecule has 1 atom stereocenters. The van der Waals surface area contributed by atoms with Crippen molar-refractivity contribution in [3.63, 3.8) is 0 Å². The van der Waals surface area contributed by atoms with E-state index >= 15 is 0 Å². The van der Waals surface area contributed by atoms with E-state index in [1.807, 2.05) is 20.8 Å². The lowest BCUT2D eigenvalue weighted by Crippen LogP contribution is -2.47. The molecule has 1 heterocycles. The van der Waals surface area contributed by atoms with Crippen LogP contribution in [0.25, 0.3) is 0 Å². The Bertz CT molecular complexity index is 335. The first kappa shape index (κ1) is 13.3. The van der Waals surface area contributed by atoms with E-state index in [0.29, 0.717) is 13.0 Å². The van der Waals surface area contributed by atoms with Crippen LogP contribution in [-0.2, 0) is 4.79 Å². The molecule has 4 N–H and O–H groups in total. The van der Waals surface area contributed by atoms with Crippen molar-refractivity contribution in [2.75, 3.05) is 6.54 Å². The van der Waals surface area contributed by atoms with Gasteiger partial charge in [-0.15, -0.1) is 0 Å². The summed E-state index contributed by atoms with van der Waals surface area (Å²) >= 11 is 0. The molecule has 1 rings (SSSR count). The van der Waals surface area contributed by atoms with E-state index in [-0.39, 0.29) is 17.5 Å². The number of hydrogen-bond acceptors (Lipinski definition) is 3. The molecule has 17 heavy (non-hydrogen) atoms. The number of nitrogens with one attached hydrogen (secondary N) is 4. The summed E-state index contributed by atoms with van der Waals surface area (Å²) in [5.41, 5.74) is -0.303. The largest absolute Gasteiger partial charge is 0.338 e. The molecule has 1 aliphatic rings. The van der Waals surface area contributed by atoms with E-state index in [0.717, 1.165) is 0 Å². The third-order valence-electron chi connectivity index (χ3n) is 2.07. The smallest absolute Gasteiger partial charge is 0.322 e. The van der Waals surface area contributed by atoms with Crippen LogP contribution in [0.15, 0.2) is 0 Å². The lowest BCUT2D eigenvalue weighted by atomic mass is 10.1. The summed E-state index contributed by atoms with van der Waals surface area (Å²) in [5.74, 6) is -0.354. The molecule has 1 aliphatic heterocycles. The minimum absolute atomic E-state index is 0.290. The van der Waals surface area contributed by atoms with Crippen molar-refractivity contribution >= 4 is 18.0 Å². The molecular weight excluding hydrogens is 224 g/mol. The molecule has 0 spiro atoms. The highest BCUT2D eigenvalue weighted by molar-refractivity contribution is 6.04. The minimum atomic E-state index is -0.558. The lowest BCUT2D eigenvalue weighted by Gasteiger charge is -2.20. The Balaban J connectivity index is 2.22. The molecule has 0 radical (unpaired) electrons. The topological polar surface area (TPSA) is 99.3 Å². The number of urea groups is 2. The number of carbonyl (C=O) groups is 3. The van der Waals surface area contributed by atoms with Gasteiger partial charge in [0.25, 0.3) is 5.91 Å². The van der Waals surface area contributed by atoms with E-state index < -0.39 is 12.1 Å². The van der Waals surface area contributed by atoms with Crippen molar-refractivity contribution in [2.24, 2.45) is 0 Å². The summed E-state index contributed by atoms with van der Waals surface area (Å²) in [6.07, 6.45) is 0.370. The van der Waals surface area contributed by atoms with Gasteiger partial charge in [-0.1, -0.05) is 0 Å². The van der Waals surface area contributed by atoms with Crippen molar-refractivity contribution in [1.29, 1.82) is 0 Å². The van der Waals surface area contributed by atoms with Crippen LogP contribution >= 0.6 is 0 Å². The Morgan fingerprint density at radius 2 is 2.00 bits per heavy atom. The third-order valence-corrected chi connectivity index (χ3v) is 2.07. The molecule has 0 saturated carbocycles. The monoisotopic (exact) mass is 242 g/mol. The maximum absolute atomic E-state index is 11.4. The zero-order valence-corrected chi connectivity index (χ0v) is 10.2. The molecule has 0 aliphatic carbocycles. The van der Waals surface area contributed by atoms with Crippen LogP contribution in [0.3, 0.4) is 0 Å². The maximum Gasteiger partial charge on any atom is 0.322 e. The molecule has 0 aromatic heterocycles. The molecule has 1 unspecified atom stereocenters. The van der Waals surface area contributed by atoms with Crippen molar-refractivity contribution in [1.82, 2.24) is 21.3 Å². The van der Waals surface area contributed by atoms with Crippen LogP contribution in [0.5, 0.6) is 0 Å². The standard InChI is InChI=1S/C10H18N4O3/c1-10(2,3)14-8(16)11-5-4-6-7(15)13-9(17)12-6/h6H,4-5H2,1-3H3,(H2,11,14,16)(H2,12,13,15,17). The number of imide groups is 1. The van der Waals surface area contributed by atoms with E-state index in [9.17, 15) is 14.4 Å².